The fraction of sp³-hybridized carbons (Fsp3) is 0.560. The molecule has 1 aromatic heterocycles. The van der Waals surface area contributed by atoms with Crippen LogP contribution in [0.15, 0.2) is 41.8 Å². The highest BCUT2D eigenvalue weighted by atomic mass is 32.1. The van der Waals surface area contributed by atoms with Gasteiger partial charge in [0.15, 0.2) is 0 Å². The number of carbonyl (C=O) groups excluding carboxylic acids is 1. The van der Waals surface area contributed by atoms with Crippen LogP contribution in [0, 0.1) is 5.92 Å². The van der Waals surface area contributed by atoms with Gasteiger partial charge in [0.25, 0.3) is 5.91 Å². The van der Waals surface area contributed by atoms with Crippen LogP contribution in [0.2, 0.25) is 0 Å². The zero-order valence-electron chi connectivity index (χ0n) is 18.6. The Hall–Kier alpha value is -1.89. The van der Waals surface area contributed by atoms with E-state index in [0.29, 0.717) is 12.0 Å². The molecule has 1 amide bonds. The molecule has 6 heteroatoms. The van der Waals surface area contributed by atoms with Crippen LogP contribution in [0.3, 0.4) is 0 Å². The molecule has 31 heavy (non-hydrogen) atoms. The van der Waals surface area contributed by atoms with Crippen LogP contribution in [0.1, 0.15) is 34.5 Å². The highest BCUT2D eigenvalue weighted by molar-refractivity contribution is 7.09. The van der Waals surface area contributed by atoms with Gasteiger partial charge in [-0.15, -0.1) is 11.3 Å². The van der Waals surface area contributed by atoms with E-state index < -0.39 is 0 Å². The van der Waals surface area contributed by atoms with E-state index in [9.17, 15) is 4.79 Å². The average Bonchev–Trinajstić information content (AvgIpc) is 3.32. The predicted molar refractivity (Wildman–Crippen MR) is 128 cm³/mol. The number of hydrogen-bond acceptors (Lipinski definition) is 5. The smallest absolute Gasteiger partial charge is 0.254 e. The molecule has 0 bridgehead atoms. The number of benzene rings is 1. The van der Waals surface area contributed by atoms with Crippen molar-refractivity contribution in [1.82, 2.24) is 14.7 Å². The number of piperazine rings is 1. The number of carbonyl (C=O) groups is 1. The third kappa shape index (κ3) is 4.66. The van der Waals surface area contributed by atoms with Crippen LogP contribution in [0.5, 0.6) is 0 Å². The summed E-state index contributed by atoms with van der Waals surface area (Å²) in [5, 5.41) is 2.16. The maximum atomic E-state index is 13.4. The summed E-state index contributed by atoms with van der Waals surface area (Å²) in [5.41, 5.74) is 2.09. The largest absolute Gasteiger partial charge is 0.369 e. The summed E-state index contributed by atoms with van der Waals surface area (Å²) in [6.45, 7) is 8.49. The zero-order valence-corrected chi connectivity index (χ0v) is 19.4. The van der Waals surface area contributed by atoms with Gasteiger partial charge in [-0.1, -0.05) is 6.07 Å². The number of likely N-dealkylation sites (tertiary alicyclic amines) is 2. The van der Waals surface area contributed by atoms with Gasteiger partial charge >= 0.3 is 0 Å². The van der Waals surface area contributed by atoms with E-state index in [1.165, 1.54) is 17.0 Å². The quantitative estimate of drug-likeness (QED) is 0.729. The molecular weight excluding hydrogens is 404 g/mol. The Bertz CT molecular complexity index is 860. The first-order valence-corrected chi connectivity index (χ1v) is 12.6. The fourth-order valence-electron chi connectivity index (χ4n) is 5.54. The van der Waals surface area contributed by atoms with Crippen LogP contribution < -0.4 is 4.90 Å². The molecule has 0 spiro atoms. The van der Waals surface area contributed by atoms with Gasteiger partial charge in [-0.3, -0.25) is 9.69 Å². The fourth-order valence-corrected chi connectivity index (χ4v) is 6.29. The summed E-state index contributed by atoms with van der Waals surface area (Å²) in [5.74, 6) is 0.836. The van der Waals surface area contributed by atoms with E-state index in [-0.39, 0.29) is 5.91 Å². The molecule has 0 radical (unpaired) electrons. The lowest BCUT2D eigenvalue weighted by Gasteiger charge is -2.47. The van der Waals surface area contributed by atoms with Gasteiger partial charge in [0.05, 0.1) is 0 Å². The van der Waals surface area contributed by atoms with Crippen molar-refractivity contribution < 1.29 is 4.79 Å². The molecule has 3 fully saturated rings. The molecule has 5 nitrogen and oxygen atoms in total. The van der Waals surface area contributed by atoms with Gasteiger partial charge in [-0.2, -0.15) is 0 Å². The molecule has 0 saturated carbocycles. The molecule has 5 rings (SSSR count). The van der Waals surface area contributed by atoms with E-state index in [1.54, 1.807) is 0 Å². The molecule has 4 heterocycles. The monoisotopic (exact) mass is 438 g/mol. The summed E-state index contributed by atoms with van der Waals surface area (Å²) in [4.78, 5) is 24.4. The van der Waals surface area contributed by atoms with Gasteiger partial charge in [0.2, 0.25) is 0 Å². The second kappa shape index (κ2) is 9.31. The molecule has 2 aromatic rings. The summed E-state index contributed by atoms with van der Waals surface area (Å²) in [7, 11) is 2.18. The van der Waals surface area contributed by atoms with Crippen molar-refractivity contribution in [2.24, 2.45) is 5.92 Å². The van der Waals surface area contributed by atoms with Crippen LogP contribution in [-0.4, -0.2) is 79.5 Å². The minimum Gasteiger partial charge on any atom is -0.369 e. The first-order chi connectivity index (χ1) is 15.2. The van der Waals surface area contributed by atoms with Gasteiger partial charge < -0.3 is 14.7 Å². The third-order valence-corrected chi connectivity index (χ3v) is 8.22. The summed E-state index contributed by atoms with van der Waals surface area (Å²) in [6, 6.07) is 13.2. The number of likely N-dealkylation sites (N-methyl/N-ethyl adjacent to an activating group) is 1. The lowest BCUT2D eigenvalue weighted by atomic mass is 9.83. The predicted octanol–water partition coefficient (Wildman–Crippen LogP) is 3.63. The second-order valence-electron chi connectivity index (χ2n) is 9.41. The lowest BCUT2D eigenvalue weighted by Crippen LogP contribution is -2.55. The third-order valence-electron chi connectivity index (χ3n) is 7.36. The van der Waals surface area contributed by atoms with E-state index in [2.05, 4.69) is 56.3 Å². The molecule has 3 aliphatic rings. The maximum Gasteiger partial charge on any atom is 0.254 e. The molecule has 166 valence electrons. The zero-order chi connectivity index (χ0) is 21.2. The van der Waals surface area contributed by atoms with Crippen LogP contribution in [0.4, 0.5) is 5.69 Å². The average molecular weight is 439 g/mol. The Labute approximate surface area is 190 Å². The second-order valence-corrected chi connectivity index (χ2v) is 10.4. The van der Waals surface area contributed by atoms with Crippen molar-refractivity contribution >= 4 is 22.9 Å². The lowest BCUT2D eigenvalue weighted by molar-refractivity contribution is 0.0186. The molecule has 0 N–H and O–H groups in total. The van der Waals surface area contributed by atoms with Crippen molar-refractivity contribution in [3.63, 3.8) is 0 Å². The Kier molecular flexibility index (Phi) is 6.30. The minimum absolute atomic E-state index is 0.228. The van der Waals surface area contributed by atoms with Crippen molar-refractivity contribution in [1.29, 1.82) is 0 Å². The number of rotatable bonds is 4. The van der Waals surface area contributed by atoms with Gasteiger partial charge in [0, 0.05) is 74.5 Å². The molecule has 0 aliphatic carbocycles. The number of amides is 1. The normalized spacial score (nSPS) is 25.5. The number of hydrogen-bond donors (Lipinski definition) is 0. The Balaban J connectivity index is 1.22. The highest BCUT2D eigenvalue weighted by Crippen LogP contribution is 2.33. The molecular formula is C25H34N4OS. The number of thiophene rings is 1. The molecule has 2 atom stereocenters. The number of fused-ring (bicyclic) bond motifs is 1. The Morgan fingerprint density at radius 1 is 1.00 bits per heavy atom. The molecule has 0 unspecified atom stereocenters. The van der Waals surface area contributed by atoms with Crippen LogP contribution in [0.25, 0.3) is 0 Å². The molecule has 3 saturated heterocycles. The highest BCUT2D eigenvalue weighted by Gasteiger charge is 2.38. The van der Waals surface area contributed by atoms with Crippen molar-refractivity contribution in [3.8, 4) is 0 Å². The van der Waals surface area contributed by atoms with Crippen LogP contribution in [-0.2, 0) is 6.54 Å². The van der Waals surface area contributed by atoms with Crippen LogP contribution >= 0.6 is 11.3 Å². The van der Waals surface area contributed by atoms with Gasteiger partial charge in [0.1, 0.15) is 0 Å². The molecule has 1 aromatic carbocycles. The SMILES string of the molecule is CN1CCN(c2ccc(C(=O)N3CCC[C@@H]4CN(Cc5cccs5)CC[C@H]43)cc2)CC1. The van der Waals surface area contributed by atoms with Crippen molar-refractivity contribution in [3.05, 3.63) is 52.2 Å². The van der Waals surface area contributed by atoms with E-state index >= 15 is 0 Å². The summed E-state index contributed by atoms with van der Waals surface area (Å²) >= 11 is 1.85. The Morgan fingerprint density at radius 3 is 2.55 bits per heavy atom. The van der Waals surface area contributed by atoms with Gasteiger partial charge in [-0.05, 0) is 67.9 Å². The first-order valence-electron chi connectivity index (χ1n) is 11.8. The maximum absolute atomic E-state index is 13.4. The van der Waals surface area contributed by atoms with E-state index in [0.717, 1.165) is 70.8 Å². The molecule has 3 aliphatic heterocycles. The summed E-state index contributed by atoms with van der Waals surface area (Å²) in [6.07, 6.45) is 3.47. The number of piperidine rings is 2. The van der Waals surface area contributed by atoms with Crippen molar-refractivity contribution in [2.75, 3.05) is 57.8 Å². The van der Waals surface area contributed by atoms with E-state index in [4.69, 9.17) is 0 Å². The number of nitrogens with zero attached hydrogens (tertiary/aromatic N) is 4. The number of anilines is 1. The minimum atomic E-state index is 0.228. The first kappa shape index (κ1) is 21.0. The standard InChI is InChI=1S/C25H34N4OS/c1-26-13-15-28(16-14-26)22-8-6-20(7-9-22)25(30)29-11-2-4-21-18-27(12-10-24(21)29)19-23-5-3-17-31-23/h3,5-9,17,21,24H,2,4,10-16,18-19H2,1H3/t21-,24-/m1/s1. The topological polar surface area (TPSA) is 30.0 Å². The van der Waals surface area contributed by atoms with Crippen molar-refractivity contribution in [2.45, 2.75) is 31.8 Å². The summed E-state index contributed by atoms with van der Waals surface area (Å²) < 4.78 is 0. The van der Waals surface area contributed by atoms with Gasteiger partial charge in [-0.25, -0.2) is 0 Å². The Morgan fingerprint density at radius 2 is 1.81 bits per heavy atom. The van der Waals surface area contributed by atoms with E-state index in [1.807, 2.05) is 23.5 Å².